The summed E-state index contributed by atoms with van der Waals surface area (Å²) in [5.41, 5.74) is 0. The van der Waals surface area contributed by atoms with Crippen LogP contribution < -0.4 is 0 Å². The van der Waals surface area contributed by atoms with Crippen molar-refractivity contribution in [2.24, 2.45) is 0 Å². The molecular weight excluding hydrogens is 302 g/mol. The minimum atomic E-state index is -2.91. The van der Waals surface area contributed by atoms with Crippen molar-refractivity contribution in [1.29, 1.82) is 0 Å². The van der Waals surface area contributed by atoms with Gasteiger partial charge in [-0.2, -0.15) is 0 Å². The summed E-state index contributed by atoms with van der Waals surface area (Å²) >= 11 is 3.71. The zero-order valence-electron chi connectivity index (χ0n) is 11.0. The van der Waals surface area contributed by atoms with Gasteiger partial charge in [0.2, 0.25) is 0 Å². The van der Waals surface area contributed by atoms with Gasteiger partial charge in [-0.05, 0) is 33.7 Å². The number of alkyl halides is 1. The standard InChI is InChI=1S/C12H24BrNO2S/c1-10(2)17(15,16)9-8-14(3)12-7-5-4-6-11(12)13/h10-12H,4-9H2,1-3H3. The Bertz CT molecular complexity index is 329. The molecule has 0 saturated heterocycles. The van der Waals surface area contributed by atoms with Crippen LogP contribution in [0, 0.1) is 0 Å². The highest BCUT2D eigenvalue weighted by Gasteiger charge is 2.27. The van der Waals surface area contributed by atoms with Gasteiger partial charge in [0.25, 0.3) is 0 Å². The molecule has 0 aromatic rings. The second-order valence-corrected chi connectivity index (χ2v) is 9.12. The van der Waals surface area contributed by atoms with Crippen LogP contribution in [0.1, 0.15) is 39.5 Å². The molecular formula is C12H24BrNO2S. The molecule has 0 spiro atoms. The Morgan fingerprint density at radius 3 is 2.41 bits per heavy atom. The van der Waals surface area contributed by atoms with Crippen LogP contribution in [0.3, 0.4) is 0 Å². The first kappa shape index (κ1) is 15.4. The van der Waals surface area contributed by atoms with E-state index in [1.165, 1.54) is 25.7 Å². The van der Waals surface area contributed by atoms with E-state index in [0.717, 1.165) is 0 Å². The van der Waals surface area contributed by atoms with Gasteiger partial charge >= 0.3 is 0 Å². The zero-order valence-corrected chi connectivity index (χ0v) is 13.4. The lowest BCUT2D eigenvalue weighted by Gasteiger charge is -2.35. The van der Waals surface area contributed by atoms with E-state index in [2.05, 4.69) is 20.8 Å². The van der Waals surface area contributed by atoms with E-state index in [1.807, 2.05) is 7.05 Å². The molecule has 0 aliphatic heterocycles. The Kier molecular flexibility index (Phi) is 5.93. The summed E-state index contributed by atoms with van der Waals surface area (Å²) in [5.74, 6) is 0.275. The lowest BCUT2D eigenvalue weighted by Crippen LogP contribution is -2.43. The average Bonchev–Trinajstić information content (AvgIpc) is 2.26. The summed E-state index contributed by atoms with van der Waals surface area (Å²) in [7, 11) is -0.865. The lowest BCUT2D eigenvalue weighted by molar-refractivity contribution is 0.210. The summed E-state index contributed by atoms with van der Waals surface area (Å²) in [5, 5.41) is -0.262. The molecule has 1 saturated carbocycles. The number of rotatable bonds is 5. The highest BCUT2D eigenvalue weighted by Crippen LogP contribution is 2.27. The van der Waals surface area contributed by atoms with Gasteiger partial charge in [0.05, 0.1) is 11.0 Å². The molecule has 0 amide bonds. The van der Waals surface area contributed by atoms with Gasteiger partial charge in [-0.25, -0.2) is 8.42 Å². The number of hydrogen-bond donors (Lipinski definition) is 0. The molecule has 1 aliphatic rings. The monoisotopic (exact) mass is 325 g/mol. The van der Waals surface area contributed by atoms with Gasteiger partial charge in [-0.15, -0.1) is 0 Å². The predicted octanol–water partition coefficient (Wildman–Crippen LogP) is 2.45. The fraction of sp³-hybridized carbons (Fsp3) is 1.00. The van der Waals surface area contributed by atoms with E-state index < -0.39 is 9.84 Å². The second kappa shape index (κ2) is 6.53. The fourth-order valence-corrected chi connectivity index (χ4v) is 4.24. The maximum Gasteiger partial charge on any atom is 0.153 e. The normalized spacial score (nSPS) is 26.7. The topological polar surface area (TPSA) is 37.4 Å². The summed E-state index contributed by atoms with van der Waals surface area (Å²) in [6, 6.07) is 0.492. The van der Waals surface area contributed by atoms with Crippen LogP contribution in [-0.4, -0.2) is 48.8 Å². The van der Waals surface area contributed by atoms with Crippen LogP contribution in [0.4, 0.5) is 0 Å². The van der Waals surface area contributed by atoms with Crippen LogP contribution >= 0.6 is 15.9 Å². The maximum absolute atomic E-state index is 11.8. The molecule has 17 heavy (non-hydrogen) atoms. The van der Waals surface area contributed by atoms with Gasteiger partial charge in [0.1, 0.15) is 0 Å². The Balaban J connectivity index is 2.46. The molecule has 0 bridgehead atoms. The summed E-state index contributed by atoms with van der Waals surface area (Å²) < 4.78 is 23.5. The van der Waals surface area contributed by atoms with Crippen molar-refractivity contribution in [2.45, 2.75) is 55.6 Å². The largest absolute Gasteiger partial charge is 0.301 e. The molecule has 102 valence electrons. The van der Waals surface area contributed by atoms with Crippen LogP contribution in [0.2, 0.25) is 0 Å². The third-order valence-corrected chi connectivity index (χ3v) is 6.92. The minimum Gasteiger partial charge on any atom is -0.301 e. The van der Waals surface area contributed by atoms with Gasteiger partial charge < -0.3 is 4.90 Å². The molecule has 0 heterocycles. The quantitative estimate of drug-likeness (QED) is 0.728. The first-order valence-electron chi connectivity index (χ1n) is 6.40. The molecule has 0 N–H and O–H groups in total. The molecule has 0 aromatic heterocycles. The number of nitrogens with zero attached hydrogens (tertiary/aromatic N) is 1. The molecule has 3 nitrogen and oxygen atoms in total. The Morgan fingerprint density at radius 1 is 1.29 bits per heavy atom. The first-order chi connectivity index (χ1) is 7.84. The smallest absolute Gasteiger partial charge is 0.153 e. The number of halogens is 1. The summed E-state index contributed by atoms with van der Waals surface area (Å²) in [6.45, 7) is 4.15. The lowest BCUT2D eigenvalue weighted by atomic mass is 9.94. The van der Waals surface area contributed by atoms with Crippen LogP contribution in [0.15, 0.2) is 0 Å². The summed E-state index contributed by atoms with van der Waals surface area (Å²) in [4.78, 5) is 2.72. The highest BCUT2D eigenvalue weighted by molar-refractivity contribution is 9.09. The van der Waals surface area contributed by atoms with Crippen molar-refractivity contribution in [3.8, 4) is 0 Å². The van der Waals surface area contributed by atoms with E-state index in [1.54, 1.807) is 13.8 Å². The van der Waals surface area contributed by atoms with E-state index in [4.69, 9.17) is 0 Å². The van der Waals surface area contributed by atoms with Crippen molar-refractivity contribution in [3.05, 3.63) is 0 Å². The van der Waals surface area contributed by atoms with Crippen molar-refractivity contribution in [1.82, 2.24) is 4.90 Å². The SMILES string of the molecule is CC(C)S(=O)(=O)CCN(C)C1CCCCC1Br. The third-order valence-electron chi connectivity index (χ3n) is 3.66. The van der Waals surface area contributed by atoms with Gasteiger partial charge in [-0.1, -0.05) is 28.8 Å². The summed E-state index contributed by atoms with van der Waals surface area (Å²) in [6.07, 6.45) is 4.92. The predicted molar refractivity (Wildman–Crippen MR) is 76.5 cm³/mol. The minimum absolute atomic E-state index is 0.262. The van der Waals surface area contributed by atoms with Gasteiger partial charge in [0, 0.05) is 17.4 Å². The van der Waals surface area contributed by atoms with Crippen LogP contribution in [-0.2, 0) is 9.84 Å². The molecule has 2 unspecified atom stereocenters. The van der Waals surface area contributed by atoms with Crippen molar-refractivity contribution in [3.63, 3.8) is 0 Å². The Morgan fingerprint density at radius 2 is 1.88 bits per heavy atom. The highest BCUT2D eigenvalue weighted by atomic mass is 79.9. The van der Waals surface area contributed by atoms with E-state index in [0.29, 0.717) is 17.4 Å². The van der Waals surface area contributed by atoms with Gasteiger partial charge in [-0.3, -0.25) is 0 Å². The van der Waals surface area contributed by atoms with E-state index in [9.17, 15) is 8.42 Å². The van der Waals surface area contributed by atoms with Gasteiger partial charge in [0.15, 0.2) is 9.84 Å². The first-order valence-corrected chi connectivity index (χ1v) is 9.03. The average molecular weight is 326 g/mol. The molecule has 0 aromatic carbocycles. The number of sulfone groups is 1. The van der Waals surface area contributed by atoms with Crippen molar-refractivity contribution in [2.75, 3.05) is 19.3 Å². The van der Waals surface area contributed by atoms with Crippen LogP contribution in [0.5, 0.6) is 0 Å². The molecule has 5 heteroatoms. The molecule has 1 aliphatic carbocycles. The van der Waals surface area contributed by atoms with Crippen molar-refractivity contribution < 1.29 is 8.42 Å². The van der Waals surface area contributed by atoms with Crippen LogP contribution in [0.25, 0.3) is 0 Å². The molecule has 0 radical (unpaired) electrons. The third kappa shape index (κ3) is 4.52. The van der Waals surface area contributed by atoms with Crippen molar-refractivity contribution >= 4 is 25.8 Å². The van der Waals surface area contributed by atoms with E-state index >= 15 is 0 Å². The zero-order chi connectivity index (χ0) is 13.1. The molecule has 2 atom stereocenters. The number of hydrogen-bond acceptors (Lipinski definition) is 3. The molecule has 1 fully saturated rings. The maximum atomic E-state index is 11.8. The fourth-order valence-electron chi connectivity index (χ4n) is 2.24. The Hall–Kier alpha value is 0.390. The van der Waals surface area contributed by atoms with E-state index in [-0.39, 0.29) is 11.0 Å². The Labute approximate surface area is 114 Å². The second-order valence-electron chi connectivity index (χ2n) is 5.26. The molecule has 1 rings (SSSR count).